The predicted molar refractivity (Wildman–Crippen MR) is 54.9 cm³/mol. The Morgan fingerprint density at radius 3 is 2.55 bits per heavy atom. The maximum Gasteiger partial charge on any atom is 0.00148 e. The quantitative estimate of drug-likeness (QED) is 0.481. The molecule has 1 aromatic rings. The van der Waals surface area contributed by atoms with Crippen LogP contribution in [-0.4, -0.2) is 5.37 Å². The zero-order chi connectivity index (χ0) is 8.27. The van der Waals surface area contributed by atoms with E-state index >= 15 is 0 Å². The van der Waals surface area contributed by atoms with E-state index in [1.54, 1.807) is 0 Å². The van der Waals surface area contributed by atoms with Gasteiger partial charge in [-0.15, -0.1) is 0 Å². The number of aryl methyl sites for hydroxylation is 2. The highest BCUT2D eigenvalue weighted by molar-refractivity contribution is 7.97. The Labute approximate surface area is 72.2 Å². The number of rotatable bonds is 1. The molecule has 0 bridgehead atoms. The summed E-state index contributed by atoms with van der Waals surface area (Å²) in [5.41, 5.74) is 2.74. The maximum atomic E-state index is 2.23. The van der Waals surface area contributed by atoms with Gasteiger partial charge in [-0.1, -0.05) is 23.1 Å². The van der Waals surface area contributed by atoms with Crippen LogP contribution >= 0.6 is 11.4 Å². The molecule has 11 heavy (non-hydrogen) atoms. The standard InChI is InChI=1S/C10H14S/c1-4-11-10-6-5-8(2)7-9(10)3/h4-7,11H,1-3H3. The number of hydrogen-bond donors (Lipinski definition) is 1. The van der Waals surface area contributed by atoms with E-state index in [0.717, 1.165) is 0 Å². The summed E-state index contributed by atoms with van der Waals surface area (Å²) in [6, 6.07) is 6.59. The lowest BCUT2D eigenvalue weighted by atomic mass is 10.2. The molecule has 1 aromatic carbocycles. The molecule has 1 heteroatoms. The minimum Gasteiger partial charge on any atom is -0.173 e. The van der Waals surface area contributed by atoms with E-state index in [0.29, 0.717) is 0 Å². The molecule has 0 N–H and O–H groups in total. The lowest BCUT2D eigenvalue weighted by Gasteiger charge is -2.00. The number of benzene rings is 1. The molecule has 0 nitrogen and oxygen atoms in total. The van der Waals surface area contributed by atoms with Crippen LogP contribution in [0.15, 0.2) is 23.1 Å². The predicted octanol–water partition coefficient (Wildman–Crippen LogP) is 2.95. The van der Waals surface area contributed by atoms with E-state index in [1.165, 1.54) is 27.4 Å². The Bertz CT molecular complexity index is 274. The van der Waals surface area contributed by atoms with Gasteiger partial charge in [-0.05, 0) is 32.4 Å². The fourth-order valence-electron chi connectivity index (χ4n) is 1.09. The fraction of sp³-hybridized carbons (Fsp3) is 0.300. The van der Waals surface area contributed by atoms with Crippen molar-refractivity contribution in [3.8, 4) is 0 Å². The first kappa shape index (κ1) is 8.54. The molecular formula is C10H14S. The van der Waals surface area contributed by atoms with Crippen LogP contribution < -0.4 is 0 Å². The van der Waals surface area contributed by atoms with Gasteiger partial charge in [-0.25, -0.2) is 0 Å². The second-order valence-corrected chi connectivity index (χ2v) is 3.93. The molecule has 0 spiro atoms. The average molecular weight is 166 g/mol. The Morgan fingerprint density at radius 1 is 1.27 bits per heavy atom. The molecule has 0 saturated carbocycles. The first-order chi connectivity index (χ1) is 5.24. The van der Waals surface area contributed by atoms with Gasteiger partial charge in [0.2, 0.25) is 0 Å². The van der Waals surface area contributed by atoms with Gasteiger partial charge in [0.1, 0.15) is 0 Å². The van der Waals surface area contributed by atoms with Gasteiger partial charge in [-0.2, -0.15) is 11.4 Å². The SMILES string of the molecule is CC=[SH]c1ccc(C)cc1C. The van der Waals surface area contributed by atoms with Gasteiger partial charge in [-0.3, -0.25) is 0 Å². The Morgan fingerprint density at radius 2 is 2.00 bits per heavy atom. The largest absolute Gasteiger partial charge is 0.173 e. The minimum absolute atomic E-state index is 1.32. The summed E-state index contributed by atoms with van der Waals surface area (Å²) in [6.45, 7) is 6.38. The van der Waals surface area contributed by atoms with E-state index in [4.69, 9.17) is 0 Å². The molecule has 0 fully saturated rings. The lowest BCUT2D eigenvalue weighted by Crippen LogP contribution is -1.78. The molecule has 0 aliphatic rings. The van der Waals surface area contributed by atoms with Crippen molar-refractivity contribution in [2.45, 2.75) is 25.7 Å². The van der Waals surface area contributed by atoms with Crippen molar-refractivity contribution in [3.05, 3.63) is 29.3 Å². The molecule has 0 heterocycles. The summed E-state index contributed by atoms with van der Waals surface area (Å²) in [4.78, 5) is 1.41. The van der Waals surface area contributed by atoms with Gasteiger partial charge in [0.05, 0.1) is 0 Å². The van der Waals surface area contributed by atoms with Crippen molar-refractivity contribution < 1.29 is 0 Å². The first-order valence-electron chi connectivity index (χ1n) is 3.80. The molecule has 0 amide bonds. The smallest absolute Gasteiger partial charge is 0.00148 e. The highest BCUT2D eigenvalue weighted by atomic mass is 32.1. The van der Waals surface area contributed by atoms with Crippen molar-refractivity contribution >= 4 is 16.7 Å². The van der Waals surface area contributed by atoms with E-state index in [1.807, 2.05) is 0 Å². The third kappa shape index (κ3) is 2.19. The normalized spacial score (nSPS) is 11.5. The highest BCUT2D eigenvalue weighted by Gasteiger charge is 1.91. The molecular weight excluding hydrogens is 152 g/mol. The van der Waals surface area contributed by atoms with Crippen LogP contribution in [0.4, 0.5) is 0 Å². The van der Waals surface area contributed by atoms with Crippen LogP contribution in [0, 0.1) is 13.8 Å². The van der Waals surface area contributed by atoms with Crippen LogP contribution in [0.2, 0.25) is 0 Å². The van der Waals surface area contributed by atoms with Gasteiger partial charge in [0.25, 0.3) is 0 Å². The Balaban J connectivity index is 3.09. The van der Waals surface area contributed by atoms with Crippen molar-refractivity contribution in [2.24, 2.45) is 0 Å². The summed E-state index contributed by atoms with van der Waals surface area (Å²) < 4.78 is 0. The third-order valence-corrected chi connectivity index (χ3v) is 2.66. The molecule has 1 rings (SSSR count). The van der Waals surface area contributed by atoms with E-state index in [-0.39, 0.29) is 0 Å². The second kappa shape index (κ2) is 3.72. The molecule has 0 atom stereocenters. The zero-order valence-electron chi connectivity index (χ0n) is 7.26. The topological polar surface area (TPSA) is 0 Å². The van der Waals surface area contributed by atoms with Gasteiger partial charge < -0.3 is 0 Å². The molecule has 0 aliphatic carbocycles. The van der Waals surface area contributed by atoms with Gasteiger partial charge in [0.15, 0.2) is 0 Å². The van der Waals surface area contributed by atoms with Crippen LogP contribution in [0.5, 0.6) is 0 Å². The molecule has 60 valence electrons. The van der Waals surface area contributed by atoms with Crippen LogP contribution in [0.25, 0.3) is 0 Å². The summed E-state index contributed by atoms with van der Waals surface area (Å²) in [5, 5.41) is 2.16. The number of hydrogen-bond acceptors (Lipinski definition) is 0. The van der Waals surface area contributed by atoms with Gasteiger partial charge in [0, 0.05) is 4.90 Å². The van der Waals surface area contributed by atoms with Crippen LogP contribution in [0.1, 0.15) is 18.1 Å². The Kier molecular flexibility index (Phi) is 2.89. The highest BCUT2D eigenvalue weighted by Crippen LogP contribution is 2.16. The van der Waals surface area contributed by atoms with E-state index < -0.39 is 0 Å². The summed E-state index contributed by atoms with van der Waals surface area (Å²) in [7, 11) is 0. The lowest BCUT2D eigenvalue weighted by molar-refractivity contribution is 1.27. The zero-order valence-corrected chi connectivity index (χ0v) is 8.15. The maximum absolute atomic E-state index is 2.23. The summed E-state index contributed by atoms with van der Waals surface area (Å²) in [6.07, 6.45) is 0. The molecule has 0 aliphatic heterocycles. The van der Waals surface area contributed by atoms with Crippen molar-refractivity contribution in [1.82, 2.24) is 0 Å². The first-order valence-corrected chi connectivity index (χ1v) is 4.76. The van der Waals surface area contributed by atoms with Crippen LogP contribution in [-0.2, 0) is 0 Å². The summed E-state index contributed by atoms with van der Waals surface area (Å²) >= 11 is 1.32. The van der Waals surface area contributed by atoms with Gasteiger partial charge >= 0.3 is 0 Å². The molecule has 0 aromatic heterocycles. The van der Waals surface area contributed by atoms with E-state index in [2.05, 4.69) is 44.3 Å². The van der Waals surface area contributed by atoms with Crippen LogP contribution in [0.3, 0.4) is 0 Å². The van der Waals surface area contributed by atoms with Crippen molar-refractivity contribution in [1.29, 1.82) is 0 Å². The molecule has 0 saturated heterocycles. The second-order valence-electron chi connectivity index (χ2n) is 2.68. The molecule has 0 unspecified atom stereocenters. The summed E-state index contributed by atoms with van der Waals surface area (Å²) in [5.74, 6) is 0. The fourth-order valence-corrected chi connectivity index (χ4v) is 1.80. The van der Waals surface area contributed by atoms with E-state index in [9.17, 15) is 0 Å². The monoisotopic (exact) mass is 166 g/mol. The Hall–Kier alpha value is -0.560. The van der Waals surface area contributed by atoms with Crippen molar-refractivity contribution in [3.63, 3.8) is 0 Å². The third-order valence-electron chi connectivity index (χ3n) is 1.62. The number of thiol groups is 1. The molecule has 0 radical (unpaired) electrons. The average Bonchev–Trinajstić information content (AvgIpc) is 1.95. The minimum atomic E-state index is 1.32. The van der Waals surface area contributed by atoms with Crippen molar-refractivity contribution in [2.75, 3.05) is 0 Å².